The fourth-order valence-electron chi connectivity index (χ4n) is 2.67. The molecule has 7 heteroatoms. The highest BCUT2D eigenvalue weighted by Gasteiger charge is 2.29. The number of hydrogen-bond acceptors (Lipinski definition) is 4. The molecule has 0 radical (unpaired) electrons. The van der Waals surface area contributed by atoms with Crippen molar-refractivity contribution in [2.24, 2.45) is 0 Å². The highest BCUT2D eigenvalue weighted by atomic mass is 19.1. The van der Waals surface area contributed by atoms with Gasteiger partial charge in [0.25, 0.3) is 0 Å². The van der Waals surface area contributed by atoms with Crippen molar-refractivity contribution in [1.29, 1.82) is 0 Å². The van der Waals surface area contributed by atoms with Gasteiger partial charge in [0.05, 0.1) is 18.7 Å². The van der Waals surface area contributed by atoms with Crippen molar-refractivity contribution in [2.75, 3.05) is 31.6 Å². The Bertz CT molecular complexity index is 579. The van der Waals surface area contributed by atoms with Gasteiger partial charge in [-0.2, -0.15) is 0 Å². The first-order valence-corrected chi connectivity index (χ1v) is 7.10. The number of nitrogens with zero attached hydrogens (tertiary/aromatic N) is 2. The van der Waals surface area contributed by atoms with E-state index in [0.717, 1.165) is 0 Å². The molecule has 1 fully saturated rings. The number of carbonyl (C=O) groups is 2. The molecule has 1 aromatic rings. The van der Waals surface area contributed by atoms with Crippen molar-refractivity contribution in [1.82, 2.24) is 4.90 Å². The second kappa shape index (κ2) is 6.64. The molecule has 0 aromatic heterocycles. The summed E-state index contributed by atoms with van der Waals surface area (Å²) in [7, 11) is 1.20. The van der Waals surface area contributed by atoms with Gasteiger partial charge < -0.3 is 19.6 Å². The van der Waals surface area contributed by atoms with E-state index in [0.29, 0.717) is 31.7 Å². The average molecular weight is 310 g/mol. The lowest BCUT2D eigenvalue weighted by Crippen LogP contribution is -2.54. The first kappa shape index (κ1) is 16.1. The van der Waals surface area contributed by atoms with E-state index in [2.05, 4.69) is 4.74 Å². The molecular weight excluding hydrogens is 291 g/mol. The fraction of sp³-hybridized carbons (Fsp3) is 0.467. The van der Waals surface area contributed by atoms with Crippen LogP contribution in [0.4, 0.5) is 14.9 Å². The van der Waals surface area contributed by atoms with Gasteiger partial charge in [-0.3, -0.25) is 0 Å². The van der Waals surface area contributed by atoms with Crippen molar-refractivity contribution in [3.8, 4) is 0 Å². The smallest absolute Gasteiger partial charge is 0.407 e. The summed E-state index contributed by atoms with van der Waals surface area (Å²) in [6, 6.07) is 4.20. The van der Waals surface area contributed by atoms with Crippen molar-refractivity contribution >= 4 is 17.7 Å². The maximum Gasteiger partial charge on any atom is 0.407 e. The summed E-state index contributed by atoms with van der Waals surface area (Å²) in [5, 5.41) is 9.16. The highest BCUT2D eigenvalue weighted by molar-refractivity contribution is 5.90. The van der Waals surface area contributed by atoms with Gasteiger partial charge in [-0.15, -0.1) is 0 Å². The molecule has 0 bridgehead atoms. The van der Waals surface area contributed by atoms with Crippen LogP contribution in [0.5, 0.6) is 0 Å². The van der Waals surface area contributed by atoms with Gasteiger partial charge in [-0.25, -0.2) is 14.0 Å². The molecule has 6 nitrogen and oxygen atoms in total. The summed E-state index contributed by atoms with van der Waals surface area (Å²) in [4.78, 5) is 25.9. The number of halogens is 1. The van der Waals surface area contributed by atoms with Crippen molar-refractivity contribution in [3.63, 3.8) is 0 Å². The number of carbonyl (C=O) groups excluding carboxylic acids is 1. The maximum absolute atomic E-state index is 14.0. The summed E-state index contributed by atoms with van der Waals surface area (Å²) >= 11 is 0. The van der Waals surface area contributed by atoms with Gasteiger partial charge in [-0.1, -0.05) is 6.92 Å². The molecule has 0 aliphatic carbocycles. The standard InChI is InChI=1S/C15H19FN2O4/c1-3-10-9-17(6-7-18(10)15(20)21)11-4-5-12(13(16)8-11)14(19)22-2/h4-5,8,10H,3,6-7,9H2,1-2H3,(H,20,21)/t10-/m0/s1. The first-order valence-electron chi connectivity index (χ1n) is 7.10. The number of piperazine rings is 1. The molecule has 2 rings (SSSR count). The second-order valence-electron chi connectivity index (χ2n) is 5.14. The third-order valence-corrected chi connectivity index (χ3v) is 3.92. The molecule has 1 atom stereocenters. The van der Waals surface area contributed by atoms with Crippen LogP contribution in [0.25, 0.3) is 0 Å². The zero-order chi connectivity index (χ0) is 16.3. The molecule has 0 unspecified atom stereocenters. The van der Waals surface area contributed by atoms with Gasteiger partial charge in [0.2, 0.25) is 0 Å². The molecule has 0 spiro atoms. The van der Waals surface area contributed by atoms with Crippen molar-refractivity contribution in [2.45, 2.75) is 19.4 Å². The van der Waals surface area contributed by atoms with Crippen LogP contribution in [0.3, 0.4) is 0 Å². The molecule has 1 N–H and O–H groups in total. The van der Waals surface area contributed by atoms with E-state index < -0.39 is 17.9 Å². The third-order valence-electron chi connectivity index (χ3n) is 3.92. The molecule has 1 aliphatic rings. The summed E-state index contributed by atoms with van der Waals surface area (Å²) in [6.45, 7) is 3.28. The predicted molar refractivity (Wildman–Crippen MR) is 78.8 cm³/mol. The SMILES string of the molecule is CC[C@H]1CN(c2ccc(C(=O)OC)c(F)c2)CCN1C(=O)O. The van der Waals surface area contributed by atoms with Crippen LogP contribution in [-0.2, 0) is 4.74 Å². The number of amides is 1. The monoisotopic (exact) mass is 310 g/mol. The van der Waals surface area contributed by atoms with Crippen molar-refractivity contribution < 1.29 is 23.8 Å². The fourth-order valence-corrected chi connectivity index (χ4v) is 2.67. The van der Waals surface area contributed by atoms with E-state index in [-0.39, 0.29) is 11.6 Å². The number of esters is 1. The van der Waals surface area contributed by atoms with E-state index >= 15 is 0 Å². The summed E-state index contributed by atoms with van der Waals surface area (Å²) in [5.41, 5.74) is 0.524. The van der Waals surface area contributed by atoms with Gasteiger partial charge in [-0.05, 0) is 24.6 Å². The molecule has 1 saturated heterocycles. The molecule has 1 amide bonds. The van der Waals surface area contributed by atoms with Gasteiger partial charge in [0, 0.05) is 25.3 Å². The molecule has 0 saturated carbocycles. The molecule has 1 aliphatic heterocycles. The summed E-state index contributed by atoms with van der Waals surface area (Å²) < 4.78 is 18.5. The first-order chi connectivity index (χ1) is 10.5. The van der Waals surface area contributed by atoms with E-state index in [1.807, 2.05) is 11.8 Å². The molecule has 120 valence electrons. The van der Waals surface area contributed by atoms with Crippen LogP contribution >= 0.6 is 0 Å². The van der Waals surface area contributed by atoms with Gasteiger partial charge >= 0.3 is 12.1 Å². The summed E-state index contributed by atoms with van der Waals surface area (Å²) in [5.74, 6) is -1.36. The number of benzene rings is 1. The Morgan fingerprint density at radius 2 is 2.14 bits per heavy atom. The number of methoxy groups -OCH3 is 1. The van der Waals surface area contributed by atoms with Crippen LogP contribution in [0, 0.1) is 5.82 Å². The molecule has 22 heavy (non-hydrogen) atoms. The zero-order valence-corrected chi connectivity index (χ0v) is 12.6. The van der Waals surface area contributed by atoms with Crippen LogP contribution in [0.1, 0.15) is 23.7 Å². The quantitative estimate of drug-likeness (QED) is 0.867. The maximum atomic E-state index is 14.0. The minimum Gasteiger partial charge on any atom is -0.465 e. The number of anilines is 1. The van der Waals surface area contributed by atoms with Gasteiger partial charge in [0.15, 0.2) is 0 Å². The van der Waals surface area contributed by atoms with Crippen LogP contribution in [-0.4, -0.2) is 54.9 Å². The second-order valence-corrected chi connectivity index (χ2v) is 5.14. The summed E-state index contributed by atoms with van der Waals surface area (Å²) in [6.07, 6.45) is -0.246. The van der Waals surface area contributed by atoms with Gasteiger partial charge in [0.1, 0.15) is 5.82 Å². The molecule has 1 heterocycles. The normalized spacial score (nSPS) is 18.2. The number of ether oxygens (including phenoxy) is 1. The Balaban J connectivity index is 2.17. The number of carboxylic acid groups (broad SMARTS) is 1. The third kappa shape index (κ3) is 3.13. The zero-order valence-electron chi connectivity index (χ0n) is 12.6. The lowest BCUT2D eigenvalue weighted by atomic mass is 10.1. The lowest BCUT2D eigenvalue weighted by Gasteiger charge is -2.40. The van der Waals surface area contributed by atoms with Crippen molar-refractivity contribution in [3.05, 3.63) is 29.6 Å². The van der Waals surface area contributed by atoms with E-state index in [9.17, 15) is 14.0 Å². The van der Waals surface area contributed by atoms with E-state index in [1.165, 1.54) is 24.1 Å². The topological polar surface area (TPSA) is 70.1 Å². The number of rotatable bonds is 3. The Morgan fingerprint density at radius 1 is 1.41 bits per heavy atom. The van der Waals surface area contributed by atoms with E-state index in [1.54, 1.807) is 6.07 Å². The molecule has 1 aromatic carbocycles. The van der Waals surface area contributed by atoms with E-state index in [4.69, 9.17) is 5.11 Å². The minimum atomic E-state index is -0.932. The predicted octanol–water partition coefficient (Wildman–Crippen LogP) is 2.19. The Hall–Kier alpha value is -2.31. The Labute approximate surface area is 128 Å². The Morgan fingerprint density at radius 3 is 2.68 bits per heavy atom. The largest absolute Gasteiger partial charge is 0.465 e. The molecular formula is C15H19FN2O4. The van der Waals surface area contributed by atoms with Crippen LogP contribution < -0.4 is 4.90 Å². The highest BCUT2D eigenvalue weighted by Crippen LogP contribution is 2.23. The lowest BCUT2D eigenvalue weighted by molar-refractivity contribution is 0.0595. The van der Waals surface area contributed by atoms with Crippen LogP contribution in [0.15, 0.2) is 18.2 Å². The minimum absolute atomic E-state index is 0.109. The Kier molecular flexibility index (Phi) is 4.85. The van der Waals surface area contributed by atoms with Crippen LogP contribution in [0.2, 0.25) is 0 Å². The number of hydrogen-bond donors (Lipinski definition) is 1. The average Bonchev–Trinajstić information content (AvgIpc) is 2.53.